The summed E-state index contributed by atoms with van der Waals surface area (Å²) in [4.78, 5) is 11.9. The molecule has 1 saturated heterocycles. The van der Waals surface area contributed by atoms with Gasteiger partial charge in [0.25, 0.3) is 0 Å². The van der Waals surface area contributed by atoms with E-state index in [9.17, 15) is 4.79 Å². The number of carbonyl (C=O) groups excluding carboxylic acids is 1. The number of halogens is 1. The number of ether oxygens (including phenoxy) is 1. The summed E-state index contributed by atoms with van der Waals surface area (Å²) in [5.41, 5.74) is 0. The minimum atomic E-state index is -0.208. The van der Waals surface area contributed by atoms with Crippen LogP contribution in [0.1, 0.15) is 27.7 Å². The Hall–Kier alpha value is -0.320. The normalized spacial score (nSPS) is 27.1. The van der Waals surface area contributed by atoms with Crippen LogP contribution >= 0.6 is 12.4 Å². The molecule has 1 aliphatic heterocycles. The fraction of sp³-hybridized carbons (Fsp3) is 0.909. The van der Waals surface area contributed by atoms with Crippen LogP contribution in [0.5, 0.6) is 0 Å². The van der Waals surface area contributed by atoms with Crippen molar-refractivity contribution < 1.29 is 9.53 Å². The molecular weight excluding hydrogens is 228 g/mol. The lowest BCUT2D eigenvalue weighted by Crippen LogP contribution is -2.57. The molecule has 1 fully saturated rings. The molecule has 96 valence electrons. The van der Waals surface area contributed by atoms with Crippen molar-refractivity contribution in [2.75, 3.05) is 13.2 Å². The maximum Gasteiger partial charge on any atom is 0.240 e. The zero-order valence-electron chi connectivity index (χ0n) is 10.4. The van der Waals surface area contributed by atoms with Crippen molar-refractivity contribution in [3.8, 4) is 0 Å². The van der Waals surface area contributed by atoms with Crippen molar-refractivity contribution >= 4 is 18.3 Å². The second kappa shape index (κ2) is 7.09. The molecule has 0 aromatic rings. The molecule has 0 radical (unpaired) electrons. The molecule has 3 atom stereocenters. The van der Waals surface area contributed by atoms with Gasteiger partial charge in [-0.25, -0.2) is 0 Å². The van der Waals surface area contributed by atoms with Gasteiger partial charge in [-0.05, 0) is 19.8 Å². The van der Waals surface area contributed by atoms with Crippen LogP contribution in [-0.4, -0.2) is 37.2 Å². The topological polar surface area (TPSA) is 50.4 Å². The molecule has 0 aromatic carbocycles. The standard InChI is InChI=1S/C11H22N2O2.ClH/c1-7(2)8(3)13-11(14)10-9(4)15-6-5-12-10;/h7-10,12H,5-6H2,1-4H3,(H,13,14);1H/t8?,9-,10+;/m1./s1. The first-order valence-corrected chi connectivity index (χ1v) is 5.67. The summed E-state index contributed by atoms with van der Waals surface area (Å²) in [6.45, 7) is 9.58. The Bertz CT molecular complexity index is 224. The van der Waals surface area contributed by atoms with E-state index in [2.05, 4.69) is 24.5 Å². The van der Waals surface area contributed by atoms with Gasteiger partial charge in [-0.3, -0.25) is 4.79 Å². The lowest BCUT2D eigenvalue weighted by atomic mass is 10.0. The van der Waals surface area contributed by atoms with Crippen LogP contribution in [0.4, 0.5) is 0 Å². The van der Waals surface area contributed by atoms with Crippen molar-refractivity contribution in [2.45, 2.75) is 45.9 Å². The zero-order valence-corrected chi connectivity index (χ0v) is 11.3. The Kier molecular flexibility index (Phi) is 6.95. The van der Waals surface area contributed by atoms with Gasteiger partial charge < -0.3 is 15.4 Å². The van der Waals surface area contributed by atoms with Gasteiger partial charge in [0.05, 0.1) is 12.7 Å². The van der Waals surface area contributed by atoms with Crippen LogP contribution in [0, 0.1) is 5.92 Å². The predicted molar refractivity (Wildman–Crippen MR) is 66.9 cm³/mol. The summed E-state index contributed by atoms with van der Waals surface area (Å²) >= 11 is 0. The predicted octanol–water partition coefficient (Wildman–Crippen LogP) is 0.946. The molecule has 1 unspecified atom stereocenters. The highest BCUT2D eigenvalue weighted by atomic mass is 35.5. The van der Waals surface area contributed by atoms with Gasteiger partial charge >= 0.3 is 0 Å². The fourth-order valence-electron chi connectivity index (χ4n) is 1.51. The zero-order chi connectivity index (χ0) is 11.4. The maximum atomic E-state index is 11.9. The summed E-state index contributed by atoms with van der Waals surface area (Å²) in [7, 11) is 0. The second-order valence-electron chi connectivity index (χ2n) is 4.55. The van der Waals surface area contributed by atoms with E-state index in [0.29, 0.717) is 12.5 Å². The number of amides is 1. The van der Waals surface area contributed by atoms with E-state index in [-0.39, 0.29) is 36.5 Å². The van der Waals surface area contributed by atoms with Crippen molar-refractivity contribution in [3.63, 3.8) is 0 Å². The average molecular weight is 251 g/mol. The number of rotatable bonds is 3. The molecule has 0 aliphatic carbocycles. The molecule has 16 heavy (non-hydrogen) atoms. The SMILES string of the molecule is CC(C)C(C)NC(=O)[C@H]1NCCO[C@@H]1C.Cl. The monoisotopic (exact) mass is 250 g/mol. The molecule has 1 rings (SSSR count). The van der Waals surface area contributed by atoms with E-state index in [0.717, 1.165) is 6.54 Å². The molecule has 0 saturated carbocycles. The highest BCUT2D eigenvalue weighted by molar-refractivity contribution is 5.85. The Balaban J connectivity index is 0.00000225. The molecule has 0 bridgehead atoms. The van der Waals surface area contributed by atoms with Crippen molar-refractivity contribution in [3.05, 3.63) is 0 Å². The largest absolute Gasteiger partial charge is 0.375 e. The summed E-state index contributed by atoms with van der Waals surface area (Å²) in [6, 6.07) is -0.00613. The third-order valence-electron chi connectivity index (χ3n) is 2.97. The van der Waals surface area contributed by atoms with Crippen LogP contribution in [0.25, 0.3) is 0 Å². The van der Waals surface area contributed by atoms with E-state index < -0.39 is 0 Å². The Labute approximate surface area is 104 Å². The molecule has 2 N–H and O–H groups in total. The lowest BCUT2D eigenvalue weighted by Gasteiger charge is -2.30. The number of hydrogen-bond donors (Lipinski definition) is 2. The number of nitrogens with one attached hydrogen (secondary N) is 2. The molecule has 4 nitrogen and oxygen atoms in total. The van der Waals surface area contributed by atoms with E-state index >= 15 is 0 Å². The van der Waals surface area contributed by atoms with Crippen molar-refractivity contribution in [1.82, 2.24) is 10.6 Å². The van der Waals surface area contributed by atoms with E-state index in [4.69, 9.17) is 4.74 Å². The van der Waals surface area contributed by atoms with Gasteiger partial charge in [0.2, 0.25) is 5.91 Å². The Morgan fingerprint density at radius 3 is 2.56 bits per heavy atom. The first-order valence-electron chi connectivity index (χ1n) is 5.67. The van der Waals surface area contributed by atoms with Gasteiger partial charge in [0.15, 0.2) is 0 Å². The van der Waals surface area contributed by atoms with E-state index in [1.807, 2.05) is 13.8 Å². The van der Waals surface area contributed by atoms with Crippen LogP contribution in [0.3, 0.4) is 0 Å². The molecule has 0 aromatic heterocycles. The van der Waals surface area contributed by atoms with Crippen LogP contribution in [0.2, 0.25) is 0 Å². The molecule has 1 heterocycles. The smallest absolute Gasteiger partial charge is 0.240 e. The van der Waals surface area contributed by atoms with Gasteiger partial charge in [0, 0.05) is 12.6 Å². The van der Waals surface area contributed by atoms with Crippen molar-refractivity contribution in [1.29, 1.82) is 0 Å². The number of morpholine rings is 1. The second-order valence-corrected chi connectivity index (χ2v) is 4.55. The van der Waals surface area contributed by atoms with Gasteiger partial charge in [-0.2, -0.15) is 0 Å². The summed E-state index contributed by atoms with van der Waals surface area (Å²) in [5.74, 6) is 0.497. The van der Waals surface area contributed by atoms with Crippen LogP contribution in [-0.2, 0) is 9.53 Å². The van der Waals surface area contributed by atoms with Gasteiger partial charge in [0.1, 0.15) is 6.04 Å². The summed E-state index contributed by atoms with van der Waals surface area (Å²) in [6.07, 6.45) is -0.0434. The molecular formula is C11H23ClN2O2. The van der Waals surface area contributed by atoms with Crippen LogP contribution < -0.4 is 10.6 Å². The quantitative estimate of drug-likeness (QED) is 0.784. The first-order chi connectivity index (χ1) is 7.02. The summed E-state index contributed by atoms with van der Waals surface area (Å²) in [5, 5.41) is 6.17. The third-order valence-corrected chi connectivity index (χ3v) is 2.97. The minimum absolute atomic E-state index is 0. The summed E-state index contributed by atoms with van der Waals surface area (Å²) < 4.78 is 5.43. The average Bonchev–Trinajstić information content (AvgIpc) is 2.18. The third kappa shape index (κ3) is 4.28. The van der Waals surface area contributed by atoms with Crippen molar-refractivity contribution in [2.24, 2.45) is 5.92 Å². The highest BCUT2D eigenvalue weighted by Crippen LogP contribution is 2.06. The lowest BCUT2D eigenvalue weighted by molar-refractivity contribution is -0.129. The fourth-order valence-corrected chi connectivity index (χ4v) is 1.51. The van der Waals surface area contributed by atoms with Gasteiger partial charge in [-0.15, -0.1) is 12.4 Å². The van der Waals surface area contributed by atoms with Crippen LogP contribution in [0.15, 0.2) is 0 Å². The first kappa shape index (κ1) is 15.7. The Morgan fingerprint density at radius 1 is 1.44 bits per heavy atom. The minimum Gasteiger partial charge on any atom is -0.375 e. The Morgan fingerprint density at radius 2 is 2.06 bits per heavy atom. The number of carbonyl (C=O) groups is 1. The number of hydrogen-bond acceptors (Lipinski definition) is 3. The maximum absolute atomic E-state index is 11.9. The highest BCUT2D eigenvalue weighted by Gasteiger charge is 2.29. The molecule has 1 aliphatic rings. The molecule has 5 heteroatoms. The van der Waals surface area contributed by atoms with E-state index in [1.165, 1.54) is 0 Å². The van der Waals surface area contributed by atoms with Gasteiger partial charge in [-0.1, -0.05) is 13.8 Å². The van der Waals surface area contributed by atoms with E-state index in [1.54, 1.807) is 0 Å². The molecule has 0 spiro atoms. The molecule has 1 amide bonds.